The SMILES string of the molecule is C=CCc1ccccc1OCC1(CS)CCCCCC1. The molecular weight excluding hydrogens is 264 g/mol. The van der Waals surface area contributed by atoms with E-state index in [2.05, 4.69) is 37.4 Å². The molecule has 1 aliphatic rings. The van der Waals surface area contributed by atoms with Crippen LogP contribution in [0.25, 0.3) is 0 Å². The van der Waals surface area contributed by atoms with Crippen molar-refractivity contribution >= 4 is 12.6 Å². The first-order chi connectivity index (χ1) is 9.79. The lowest BCUT2D eigenvalue weighted by atomic mass is 9.83. The normalized spacial score (nSPS) is 18.2. The van der Waals surface area contributed by atoms with Crippen molar-refractivity contribution < 1.29 is 4.74 Å². The summed E-state index contributed by atoms with van der Waals surface area (Å²) in [6.45, 7) is 4.62. The van der Waals surface area contributed by atoms with Crippen LogP contribution in [-0.4, -0.2) is 12.4 Å². The van der Waals surface area contributed by atoms with Gasteiger partial charge in [-0.05, 0) is 36.6 Å². The highest BCUT2D eigenvalue weighted by molar-refractivity contribution is 7.80. The lowest BCUT2D eigenvalue weighted by Crippen LogP contribution is -2.30. The molecule has 1 fully saturated rings. The highest BCUT2D eigenvalue weighted by Gasteiger charge is 2.30. The quantitative estimate of drug-likeness (QED) is 0.437. The fraction of sp³-hybridized carbons (Fsp3) is 0.556. The Morgan fingerprint density at radius 2 is 1.85 bits per heavy atom. The van der Waals surface area contributed by atoms with Gasteiger partial charge in [0.25, 0.3) is 0 Å². The van der Waals surface area contributed by atoms with Crippen LogP contribution >= 0.6 is 12.6 Å². The second-order valence-electron chi connectivity index (χ2n) is 5.96. The molecular formula is C18H26OS. The Kier molecular flexibility index (Phi) is 6.03. The van der Waals surface area contributed by atoms with Gasteiger partial charge in [0.15, 0.2) is 0 Å². The first-order valence-corrected chi connectivity index (χ1v) is 8.35. The van der Waals surface area contributed by atoms with E-state index in [1.54, 1.807) is 0 Å². The van der Waals surface area contributed by atoms with E-state index in [9.17, 15) is 0 Å². The first-order valence-electron chi connectivity index (χ1n) is 7.72. The molecule has 2 heteroatoms. The summed E-state index contributed by atoms with van der Waals surface area (Å²) < 4.78 is 6.18. The third-order valence-electron chi connectivity index (χ3n) is 4.37. The zero-order chi connectivity index (χ0) is 14.3. The number of thiol groups is 1. The minimum atomic E-state index is 0.265. The van der Waals surface area contributed by atoms with E-state index in [0.29, 0.717) is 0 Å². The zero-order valence-electron chi connectivity index (χ0n) is 12.3. The molecule has 0 amide bonds. The van der Waals surface area contributed by atoms with E-state index < -0.39 is 0 Å². The largest absolute Gasteiger partial charge is 0.493 e. The van der Waals surface area contributed by atoms with Crippen molar-refractivity contribution in [2.24, 2.45) is 5.41 Å². The standard InChI is InChI=1S/C18H26OS/c1-2-9-16-10-5-6-11-17(16)19-14-18(15-20)12-7-3-4-8-13-18/h2,5-6,10-11,20H,1,3-4,7-9,12-15H2. The Balaban J connectivity index is 2.04. The fourth-order valence-electron chi connectivity index (χ4n) is 3.03. The summed E-state index contributed by atoms with van der Waals surface area (Å²) in [7, 11) is 0. The van der Waals surface area contributed by atoms with Gasteiger partial charge < -0.3 is 4.74 Å². The number of benzene rings is 1. The van der Waals surface area contributed by atoms with Crippen molar-refractivity contribution in [1.29, 1.82) is 0 Å². The first kappa shape index (κ1) is 15.5. The molecule has 20 heavy (non-hydrogen) atoms. The molecule has 1 aromatic carbocycles. The van der Waals surface area contributed by atoms with E-state index in [1.165, 1.54) is 44.1 Å². The number of para-hydroxylation sites is 1. The minimum Gasteiger partial charge on any atom is -0.493 e. The van der Waals surface area contributed by atoms with Gasteiger partial charge in [0.2, 0.25) is 0 Å². The monoisotopic (exact) mass is 290 g/mol. The molecule has 1 aromatic rings. The Labute approximate surface area is 128 Å². The van der Waals surface area contributed by atoms with E-state index in [0.717, 1.165) is 24.5 Å². The number of rotatable bonds is 6. The van der Waals surface area contributed by atoms with Crippen molar-refractivity contribution in [3.05, 3.63) is 42.5 Å². The zero-order valence-corrected chi connectivity index (χ0v) is 13.2. The third-order valence-corrected chi connectivity index (χ3v) is 5.04. The number of ether oxygens (including phenoxy) is 1. The van der Waals surface area contributed by atoms with Crippen LogP contribution in [0.15, 0.2) is 36.9 Å². The van der Waals surface area contributed by atoms with E-state index in [4.69, 9.17) is 4.74 Å². The van der Waals surface area contributed by atoms with Crippen LogP contribution in [0.4, 0.5) is 0 Å². The van der Waals surface area contributed by atoms with Crippen LogP contribution in [0, 0.1) is 5.41 Å². The molecule has 1 aliphatic carbocycles. The highest BCUT2D eigenvalue weighted by atomic mass is 32.1. The molecule has 1 saturated carbocycles. The van der Waals surface area contributed by atoms with Gasteiger partial charge in [0.1, 0.15) is 5.75 Å². The maximum atomic E-state index is 6.18. The highest BCUT2D eigenvalue weighted by Crippen LogP contribution is 2.37. The van der Waals surface area contributed by atoms with Gasteiger partial charge in [-0.1, -0.05) is 50.0 Å². The fourth-order valence-corrected chi connectivity index (χ4v) is 3.43. The van der Waals surface area contributed by atoms with Crippen molar-refractivity contribution in [1.82, 2.24) is 0 Å². The maximum absolute atomic E-state index is 6.18. The number of hydrogen-bond donors (Lipinski definition) is 1. The molecule has 0 radical (unpaired) electrons. The smallest absolute Gasteiger partial charge is 0.122 e. The second kappa shape index (κ2) is 7.78. The Morgan fingerprint density at radius 1 is 1.15 bits per heavy atom. The Hall–Kier alpha value is -0.890. The van der Waals surface area contributed by atoms with Gasteiger partial charge >= 0.3 is 0 Å². The van der Waals surface area contributed by atoms with Crippen molar-refractivity contribution in [2.45, 2.75) is 44.9 Å². The van der Waals surface area contributed by atoms with Crippen LogP contribution in [0.5, 0.6) is 5.75 Å². The average Bonchev–Trinajstić information content (AvgIpc) is 2.73. The molecule has 0 unspecified atom stereocenters. The third kappa shape index (κ3) is 4.05. The predicted octanol–water partition coefficient (Wildman–Crippen LogP) is 5.06. The van der Waals surface area contributed by atoms with Gasteiger partial charge in [-0.15, -0.1) is 6.58 Å². The van der Waals surface area contributed by atoms with Gasteiger partial charge in [0.05, 0.1) is 6.61 Å². The molecule has 0 heterocycles. The van der Waals surface area contributed by atoms with Gasteiger partial charge in [-0.3, -0.25) is 0 Å². The summed E-state index contributed by atoms with van der Waals surface area (Å²) in [5.41, 5.74) is 1.49. The predicted molar refractivity (Wildman–Crippen MR) is 89.8 cm³/mol. The maximum Gasteiger partial charge on any atom is 0.122 e. The molecule has 0 bridgehead atoms. The summed E-state index contributed by atoms with van der Waals surface area (Å²) in [5, 5.41) is 0. The molecule has 0 aliphatic heterocycles. The number of allylic oxidation sites excluding steroid dienone is 1. The van der Waals surface area contributed by atoms with Gasteiger partial charge in [0, 0.05) is 5.41 Å². The molecule has 0 saturated heterocycles. The summed E-state index contributed by atoms with van der Waals surface area (Å²) in [4.78, 5) is 0. The lowest BCUT2D eigenvalue weighted by molar-refractivity contribution is 0.147. The van der Waals surface area contributed by atoms with Crippen LogP contribution in [0.3, 0.4) is 0 Å². The van der Waals surface area contributed by atoms with E-state index >= 15 is 0 Å². The Bertz CT molecular complexity index is 419. The van der Waals surface area contributed by atoms with Gasteiger partial charge in [-0.2, -0.15) is 12.6 Å². The van der Waals surface area contributed by atoms with Crippen LogP contribution in [0.2, 0.25) is 0 Å². The van der Waals surface area contributed by atoms with Crippen molar-refractivity contribution in [3.63, 3.8) is 0 Å². The second-order valence-corrected chi connectivity index (χ2v) is 6.28. The Morgan fingerprint density at radius 3 is 2.50 bits per heavy atom. The summed E-state index contributed by atoms with van der Waals surface area (Å²) in [5.74, 6) is 1.94. The molecule has 110 valence electrons. The summed E-state index contributed by atoms with van der Waals surface area (Å²) in [6.07, 6.45) is 10.7. The van der Waals surface area contributed by atoms with E-state index in [-0.39, 0.29) is 5.41 Å². The molecule has 2 rings (SSSR count). The van der Waals surface area contributed by atoms with Crippen LogP contribution in [0.1, 0.15) is 44.1 Å². The van der Waals surface area contributed by atoms with Crippen molar-refractivity contribution in [3.8, 4) is 5.75 Å². The minimum absolute atomic E-state index is 0.265. The lowest BCUT2D eigenvalue weighted by Gasteiger charge is -2.31. The van der Waals surface area contributed by atoms with Crippen molar-refractivity contribution in [2.75, 3.05) is 12.4 Å². The van der Waals surface area contributed by atoms with Gasteiger partial charge in [-0.25, -0.2) is 0 Å². The average molecular weight is 290 g/mol. The summed E-state index contributed by atoms with van der Waals surface area (Å²) >= 11 is 4.61. The topological polar surface area (TPSA) is 9.23 Å². The molecule has 0 spiro atoms. The van der Waals surface area contributed by atoms with Crippen LogP contribution < -0.4 is 4.74 Å². The van der Waals surface area contributed by atoms with Crippen LogP contribution in [-0.2, 0) is 6.42 Å². The molecule has 0 aromatic heterocycles. The van der Waals surface area contributed by atoms with E-state index in [1.807, 2.05) is 12.1 Å². The molecule has 0 atom stereocenters. The summed E-state index contributed by atoms with van der Waals surface area (Å²) in [6, 6.07) is 8.30. The molecule has 1 nitrogen and oxygen atoms in total. The molecule has 0 N–H and O–H groups in total. The number of hydrogen-bond acceptors (Lipinski definition) is 2.